The largest absolute Gasteiger partial charge is 0.317 e. The first kappa shape index (κ1) is 14.6. The van der Waals surface area contributed by atoms with Gasteiger partial charge in [-0.3, -0.25) is 4.68 Å². The summed E-state index contributed by atoms with van der Waals surface area (Å²) in [5.74, 6) is 1.63. The zero-order valence-corrected chi connectivity index (χ0v) is 13.3. The van der Waals surface area contributed by atoms with Crippen LogP contribution in [0.25, 0.3) is 10.9 Å². The van der Waals surface area contributed by atoms with Crippen LogP contribution in [0, 0.1) is 11.8 Å². The van der Waals surface area contributed by atoms with Gasteiger partial charge in [-0.2, -0.15) is 5.10 Å². The number of aryl methyl sites for hydroxylation is 1. The Morgan fingerprint density at radius 3 is 2.81 bits per heavy atom. The molecular weight excluding hydrogens is 258 g/mol. The van der Waals surface area contributed by atoms with Gasteiger partial charge in [-0.25, -0.2) is 0 Å². The van der Waals surface area contributed by atoms with Gasteiger partial charge in [0.2, 0.25) is 0 Å². The predicted molar refractivity (Wildman–Crippen MR) is 88.5 cm³/mol. The van der Waals surface area contributed by atoms with Crippen LogP contribution in [0.5, 0.6) is 0 Å². The molecule has 1 N–H and O–H groups in total. The number of fused-ring (bicyclic) bond motifs is 1. The predicted octanol–water partition coefficient (Wildman–Crippen LogP) is 3.62. The molecule has 0 amide bonds. The number of rotatable bonds is 6. The van der Waals surface area contributed by atoms with Gasteiger partial charge >= 0.3 is 0 Å². The zero-order valence-electron chi connectivity index (χ0n) is 13.3. The Bertz CT molecular complexity index is 587. The SMILES string of the molecule is CCNCC1CCCC1Cc1nn(CC)c2ccccc12. The van der Waals surface area contributed by atoms with E-state index >= 15 is 0 Å². The summed E-state index contributed by atoms with van der Waals surface area (Å²) in [5, 5.41) is 9.77. The van der Waals surface area contributed by atoms with Gasteiger partial charge in [-0.05, 0) is 57.2 Å². The first-order valence-corrected chi connectivity index (χ1v) is 8.48. The van der Waals surface area contributed by atoms with E-state index in [-0.39, 0.29) is 0 Å². The molecule has 1 saturated carbocycles. The second kappa shape index (κ2) is 6.61. The molecule has 1 aliphatic carbocycles. The van der Waals surface area contributed by atoms with E-state index in [1.807, 2.05) is 0 Å². The van der Waals surface area contributed by atoms with E-state index in [1.165, 1.54) is 42.4 Å². The van der Waals surface area contributed by atoms with E-state index in [1.54, 1.807) is 0 Å². The number of aromatic nitrogens is 2. The van der Waals surface area contributed by atoms with Crippen molar-refractivity contribution in [2.24, 2.45) is 11.8 Å². The molecule has 2 unspecified atom stereocenters. The van der Waals surface area contributed by atoms with Gasteiger partial charge in [0.25, 0.3) is 0 Å². The van der Waals surface area contributed by atoms with Gasteiger partial charge in [0, 0.05) is 11.9 Å². The van der Waals surface area contributed by atoms with E-state index in [0.717, 1.165) is 31.3 Å². The third-order valence-electron chi connectivity index (χ3n) is 4.96. The molecule has 1 fully saturated rings. The van der Waals surface area contributed by atoms with Gasteiger partial charge in [0.15, 0.2) is 0 Å². The highest BCUT2D eigenvalue weighted by molar-refractivity contribution is 5.81. The molecule has 2 atom stereocenters. The molecule has 1 aromatic carbocycles. The van der Waals surface area contributed by atoms with Crippen LogP contribution in [0.1, 0.15) is 38.8 Å². The summed E-state index contributed by atoms with van der Waals surface area (Å²) < 4.78 is 2.15. The molecular formula is C18H27N3. The standard InChI is InChI=1S/C18H27N3/c1-3-19-13-15-9-7-8-14(15)12-17-16-10-5-6-11-18(16)21(4-2)20-17/h5-6,10-11,14-15,19H,3-4,7-9,12-13H2,1-2H3. The van der Waals surface area contributed by atoms with Crippen LogP contribution in [0.4, 0.5) is 0 Å². The fraction of sp³-hybridized carbons (Fsp3) is 0.611. The topological polar surface area (TPSA) is 29.9 Å². The lowest BCUT2D eigenvalue weighted by atomic mass is 9.90. The third-order valence-corrected chi connectivity index (χ3v) is 4.96. The maximum atomic E-state index is 4.88. The number of hydrogen-bond donors (Lipinski definition) is 1. The molecule has 2 aromatic rings. The summed E-state index contributed by atoms with van der Waals surface area (Å²) in [6.07, 6.45) is 5.27. The maximum Gasteiger partial charge on any atom is 0.0706 e. The van der Waals surface area contributed by atoms with Gasteiger partial charge in [-0.15, -0.1) is 0 Å². The Hall–Kier alpha value is -1.35. The summed E-state index contributed by atoms with van der Waals surface area (Å²) in [4.78, 5) is 0. The molecule has 0 bridgehead atoms. The van der Waals surface area contributed by atoms with Crippen molar-refractivity contribution in [3.63, 3.8) is 0 Å². The van der Waals surface area contributed by atoms with Gasteiger partial charge in [0.05, 0.1) is 11.2 Å². The van der Waals surface area contributed by atoms with E-state index in [0.29, 0.717) is 0 Å². The fourth-order valence-electron chi connectivity index (χ4n) is 3.82. The van der Waals surface area contributed by atoms with Crippen molar-refractivity contribution in [3.05, 3.63) is 30.0 Å². The van der Waals surface area contributed by atoms with Crippen molar-refractivity contribution in [2.45, 2.75) is 46.1 Å². The van der Waals surface area contributed by atoms with Crippen LogP contribution >= 0.6 is 0 Å². The minimum atomic E-state index is 0.799. The maximum absolute atomic E-state index is 4.88. The second-order valence-corrected chi connectivity index (χ2v) is 6.24. The highest BCUT2D eigenvalue weighted by Gasteiger charge is 2.28. The lowest BCUT2D eigenvalue weighted by Gasteiger charge is -2.19. The number of nitrogens with zero attached hydrogens (tertiary/aromatic N) is 2. The van der Waals surface area contributed by atoms with Crippen LogP contribution in [0.15, 0.2) is 24.3 Å². The van der Waals surface area contributed by atoms with Gasteiger partial charge in [-0.1, -0.05) is 31.5 Å². The lowest BCUT2D eigenvalue weighted by Crippen LogP contribution is -2.26. The summed E-state index contributed by atoms with van der Waals surface area (Å²) in [5.41, 5.74) is 2.59. The normalized spacial score (nSPS) is 22.2. The van der Waals surface area contributed by atoms with Gasteiger partial charge in [0.1, 0.15) is 0 Å². The first-order chi connectivity index (χ1) is 10.3. The first-order valence-electron chi connectivity index (χ1n) is 8.48. The van der Waals surface area contributed by atoms with E-state index in [2.05, 4.69) is 48.1 Å². The quantitative estimate of drug-likeness (QED) is 0.878. The van der Waals surface area contributed by atoms with Crippen LogP contribution in [0.3, 0.4) is 0 Å². The molecule has 3 nitrogen and oxygen atoms in total. The smallest absolute Gasteiger partial charge is 0.0706 e. The number of benzene rings is 1. The monoisotopic (exact) mass is 285 g/mol. The molecule has 1 heterocycles. The van der Waals surface area contributed by atoms with Crippen molar-refractivity contribution < 1.29 is 0 Å². The fourth-order valence-corrected chi connectivity index (χ4v) is 3.82. The molecule has 114 valence electrons. The Labute approximate surface area is 127 Å². The van der Waals surface area contributed by atoms with Crippen LogP contribution in [-0.2, 0) is 13.0 Å². The van der Waals surface area contributed by atoms with Crippen LogP contribution < -0.4 is 5.32 Å². The Morgan fingerprint density at radius 2 is 2.00 bits per heavy atom. The minimum absolute atomic E-state index is 0.799. The third kappa shape index (κ3) is 2.98. The Balaban J connectivity index is 1.81. The number of para-hydroxylation sites is 1. The van der Waals surface area contributed by atoms with Crippen molar-refractivity contribution in [3.8, 4) is 0 Å². The van der Waals surface area contributed by atoms with Gasteiger partial charge < -0.3 is 5.32 Å². The average Bonchev–Trinajstić information content (AvgIpc) is 3.10. The summed E-state index contributed by atoms with van der Waals surface area (Å²) in [7, 11) is 0. The summed E-state index contributed by atoms with van der Waals surface area (Å²) in [6.45, 7) is 7.57. The van der Waals surface area contributed by atoms with Crippen molar-refractivity contribution in [2.75, 3.05) is 13.1 Å². The molecule has 3 heteroatoms. The minimum Gasteiger partial charge on any atom is -0.317 e. The average molecular weight is 285 g/mol. The summed E-state index contributed by atoms with van der Waals surface area (Å²) in [6, 6.07) is 8.68. The highest BCUT2D eigenvalue weighted by atomic mass is 15.3. The number of nitrogens with one attached hydrogen (secondary N) is 1. The molecule has 0 spiro atoms. The number of hydrogen-bond acceptors (Lipinski definition) is 2. The van der Waals surface area contributed by atoms with E-state index in [4.69, 9.17) is 5.10 Å². The van der Waals surface area contributed by atoms with Crippen molar-refractivity contribution in [1.29, 1.82) is 0 Å². The molecule has 3 rings (SSSR count). The Kier molecular flexibility index (Phi) is 4.59. The van der Waals surface area contributed by atoms with E-state index in [9.17, 15) is 0 Å². The molecule has 0 saturated heterocycles. The molecule has 1 aromatic heterocycles. The molecule has 0 aliphatic heterocycles. The Morgan fingerprint density at radius 1 is 1.19 bits per heavy atom. The highest BCUT2D eigenvalue weighted by Crippen LogP contribution is 2.35. The van der Waals surface area contributed by atoms with Crippen LogP contribution in [-0.4, -0.2) is 22.9 Å². The second-order valence-electron chi connectivity index (χ2n) is 6.24. The summed E-state index contributed by atoms with van der Waals surface area (Å²) >= 11 is 0. The van der Waals surface area contributed by atoms with E-state index < -0.39 is 0 Å². The molecule has 1 aliphatic rings. The van der Waals surface area contributed by atoms with Crippen molar-refractivity contribution in [1.82, 2.24) is 15.1 Å². The van der Waals surface area contributed by atoms with Crippen LogP contribution in [0.2, 0.25) is 0 Å². The molecule has 0 radical (unpaired) electrons. The lowest BCUT2D eigenvalue weighted by molar-refractivity contribution is 0.365. The van der Waals surface area contributed by atoms with Crippen molar-refractivity contribution >= 4 is 10.9 Å². The molecule has 21 heavy (non-hydrogen) atoms. The zero-order chi connectivity index (χ0) is 14.7.